The SMILES string of the molecule is O=C(CC1CNC1)Nc1nnns1. The zero-order valence-electron chi connectivity index (χ0n) is 6.86. The van der Waals surface area contributed by atoms with Gasteiger partial charge < -0.3 is 5.32 Å². The number of carbonyl (C=O) groups excluding carboxylic acids is 1. The molecule has 1 saturated heterocycles. The van der Waals surface area contributed by atoms with E-state index in [1.165, 1.54) is 0 Å². The number of hydrogen-bond donors (Lipinski definition) is 2. The van der Waals surface area contributed by atoms with E-state index in [9.17, 15) is 4.79 Å². The summed E-state index contributed by atoms with van der Waals surface area (Å²) in [5.74, 6) is 0.464. The number of rotatable bonds is 3. The Morgan fingerprint density at radius 1 is 1.69 bits per heavy atom. The summed E-state index contributed by atoms with van der Waals surface area (Å²) in [6.07, 6.45) is 0.548. The number of nitrogens with zero attached hydrogens (tertiary/aromatic N) is 3. The van der Waals surface area contributed by atoms with Gasteiger partial charge in [-0.1, -0.05) is 9.59 Å². The number of hydrogen-bond acceptors (Lipinski definition) is 6. The fourth-order valence-electron chi connectivity index (χ4n) is 1.11. The van der Waals surface area contributed by atoms with Crippen molar-refractivity contribution in [1.29, 1.82) is 0 Å². The van der Waals surface area contributed by atoms with Gasteiger partial charge in [0.1, 0.15) is 0 Å². The lowest BCUT2D eigenvalue weighted by Gasteiger charge is -2.25. The number of amides is 1. The van der Waals surface area contributed by atoms with Gasteiger partial charge in [-0.25, -0.2) is 0 Å². The van der Waals surface area contributed by atoms with E-state index >= 15 is 0 Å². The molecule has 7 heteroatoms. The molecule has 0 atom stereocenters. The summed E-state index contributed by atoms with van der Waals surface area (Å²) in [5.41, 5.74) is 0. The molecule has 0 saturated carbocycles. The van der Waals surface area contributed by atoms with Gasteiger partial charge in [-0.3, -0.25) is 10.1 Å². The van der Waals surface area contributed by atoms with Crippen LogP contribution in [0.25, 0.3) is 0 Å². The topological polar surface area (TPSA) is 79.8 Å². The van der Waals surface area contributed by atoms with Gasteiger partial charge in [0, 0.05) is 18.0 Å². The summed E-state index contributed by atoms with van der Waals surface area (Å²) < 4.78 is 3.54. The van der Waals surface area contributed by atoms with Crippen LogP contribution in [-0.4, -0.2) is 33.8 Å². The first-order valence-corrected chi connectivity index (χ1v) is 4.77. The zero-order chi connectivity index (χ0) is 9.10. The standard InChI is InChI=1S/C6H9N5OS/c12-5(1-4-2-7-3-4)8-6-9-10-11-13-6/h4,7H,1-3H2,(H,8,9,11,12). The second-order valence-corrected chi connectivity index (χ2v) is 3.68. The first-order chi connectivity index (χ1) is 6.34. The van der Waals surface area contributed by atoms with Crippen LogP contribution in [0.15, 0.2) is 0 Å². The Hall–Kier alpha value is -1.08. The predicted molar refractivity (Wildman–Crippen MR) is 47.3 cm³/mol. The highest BCUT2D eigenvalue weighted by atomic mass is 32.1. The Labute approximate surface area is 78.9 Å². The largest absolute Gasteiger partial charge is 0.316 e. The molecule has 1 amide bonds. The highest BCUT2D eigenvalue weighted by Gasteiger charge is 2.20. The third-order valence-corrected chi connectivity index (χ3v) is 2.40. The Bertz CT molecular complexity index is 283. The summed E-state index contributed by atoms with van der Waals surface area (Å²) >= 11 is 1.08. The normalized spacial score (nSPS) is 16.6. The van der Waals surface area contributed by atoms with E-state index in [2.05, 4.69) is 25.4 Å². The summed E-state index contributed by atoms with van der Waals surface area (Å²) in [5, 5.41) is 13.2. The number of carbonyl (C=O) groups is 1. The third kappa shape index (κ3) is 2.19. The fourth-order valence-corrected chi connectivity index (χ4v) is 1.49. The second-order valence-electron chi connectivity index (χ2n) is 2.94. The van der Waals surface area contributed by atoms with Crippen molar-refractivity contribution in [3.8, 4) is 0 Å². The van der Waals surface area contributed by atoms with Gasteiger partial charge in [-0.2, -0.15) is 0 Å². The summed E-state index contributed by atoms with van der Waals surface area (Å²) in [6, 6.07) is 0. The van der Waals surface area contributed by atoms with Crippen LogP contribution < -0.4 is 10.6 Å². The van der Waals surface area contributed by atoms with Crippen LogP contribution in [0.4, 0.5) is 5.13 Å². The molecule has 1 aromatic heterocycles. The Balaban J connectivity index is 1.78. The molecule has 0 spiro atoms. The van der Waals surface area contributed by atoms with Crippen molar-refractivity contribution in [2.75, 3.05) is 18.4 Å². The lowest BCUT2D eigenvalue weighted by Crippen LogP contribution is -2.43. The van der Waals surface area contributed by atoms with Crippen LogP contribution in [0, 0.1) is 5.92 Å². The summed E-state index contributed by atoms with van der Waals surface area (Å²) in [6.45, 7) is 1.86. The molecule has 1 aliphatic heterocycles. The molecular weight excluding hydrogens is 190 g/mol. The molecular formula is C6H9N5OS. The van der Waals surface area contributed by atoms with E-state index in [-0.39, 0.29) is 5.91 Å². The van der Waals surface area contributed by atoms with Gasteiger partial charge in [-0.05, 0) is 24.2 Å². The molecule has 13 heavy (non-hydrogen) atoms. The molecule has 2 heterocycles. The highest BCUT2D eigenvalue weighted by molar-refractivity contribution is 7.09. The molecule has 1 aliphatic rings. The molecule has 0 aromatic carbocycles. The molecule has 0 radical (unpaired) electrons. The van der Waals surface area contributed by atoms with E-state index in [0.717, 1.165) is 24.6 Å². The zero-order valence-corrected chi connectivity index (χ0v) is 7.67. The summed E-state index contributed by atoms with van der Waals surface area (Å²) in [4.78, 5) is 11.3. The van der Waals surface area contributed by atoms with Crippen LogP contribution in [0.3, 0.4) is 0 Å². The first kappa shape index (κ1) is 8.52. The van der Waals surface area contributed by atoms with E-state index in [4.69, 9.17) is 0 Å². The molecule has 0 unspecified atom stereocenters. The van der Waals surface area contributed by atoms with Crippen molar-refractivity contribution in [3.05, 3.63) is 0 Å². The second kappa shape index (κ2) is 3.75. The van der Waals surface area contributed by atoms with Gasteiger partial charge in [0.05, 0.1) is 0 Å². The van der Waals surface area contributed by atoms with Crippen molar-refractivity contribution in [1.82, 2.24) is 20.1 Å². The fraction of sp³-hybridized carbons (Fsp3) is 0.667. The number of nitrogens with one attached hydrogen (secondary N) is 2. The smallest absolute Gasteiger partial charge is 0.231 e. The van der Waals surface area contributed by atoms with Crippen LogP contribution >= 0.6 is 11.5 Å². The molecule has 2 N–H and O–H groups in total. The van der Waals surface area contributed by atoms with Crippen molar-refractivity contribution in [3.63, 3.8) is 0 Å². The van der Waals surface area contributed by atoms with Gasteiger partial charge in [0.25, 0.3) is 0 Å². The van der Waals surface area contributed by atoms with Gasteiger partial charge in [0.15, 0.2) is 0 Å². The molecule has 2 rings (SSSR count). The minimum Gasteiger partial charge on any atom is -0.316 e. The minimum absolute atomic E-state index is 0.00921. The average molecular weight is 199 g/mol. The van der Waals surface area contributed by atoms with Crippen molar-refractivity contribution in [2.45, 2.75) is 6.42 Å². The van der Waals surface area contributed by atoms with Crippen LogP contribution in [0.1, 0.15) is 6.42 Å². The highest BCUT2D eigenvalue weighted by Crippen LogP contribution is 2.11. The summed E-state index contributed by atoms with van der Waals surface area (Å²) in [7, 11) is 0. The predicted octanol–water partition coefficient (Wildman–Crippen LogP) is -0.519. The maximum atomic E-state index is 11.3. The third-order valence-electron chi connectivity index (χ3n) is 1.89. The van der Waals surface area contributed by atoms with E-state index in [1.807, 2.05) is 0 Å². The maximum absolute atomic E-state index is 11.3. The molecule has 1 fully saturated rings. The lowest BCUT2D eigenvalue weighted by molar-refractivity contribution is -0.117. The quantitative estimate of drug-likeness (QED) is 0.684. The lowest BCUT2D eigenvalue weighted by atomic mass is 9.99. The Kier molecular flexibility index (Phi) is 2.46. The molecule has 70 valence electrons. The minimum atomic E-state index is -0.00921. The van der Waals surface area contributed by atoms with Gasteiger partial charge >= 0.3 is 0 Å². The van der Waals surface area contributed by atoms with Crippen LogP contribution in [-0.2, 0) is 4.79 Å². The molecule has 1 aromatic rings. The first-order valence-electron chi connectivity index (χ1n) is 4.00. The molecule has 0 aliphatic carbocycles. The van der Waals surface area contributed by atoms with E-state index in [1.54, 1.807) is 0 Å². The van der Waals surface area contributed by atoms with E-state index in [0.29, 0.717) is 17.5 Å². The van der Waals surface area contributed by atoms with Crippen molar-refractivity contribution >= 4 is 22.6 Å². The van der Waals surface area contributed by atoms with E-state index < -0.39 is 0 Å². The van der Waals surface area contributed by atoms with Crippen molar-refractivity contribution < 1.29 is 4.79 Å². The number of anilines is 1. The van der Waals surface area contributed by atoms with Crippen molar-refractivity contribution in [2.24, 2.45) is 5.92 Å². The molecule has 6 nitrogen and oxygen atoms in total. The maximum Gasteiger partial charge on any atom is 0.231 e. The average Bonchev–Trinajstić information content (AvgIpc) is 2.49. The van der Waals surface area contributed by atoms with Gasteiger partial charge in [0.2, 0.25) is 11.0 Å². The Morgan fingerprint density at radius 3 is 3.08 bits per heavy atom. The van der Waals surface area contributed by atoms with Crippen LogP contribution in [0.5, 0.6) is 0 Å². The monoisotopic (exact) mass is 199 g/mol. The molecule has 0 bridgehead atoms. The van der Waals surface area contributed by atoms with Crippen LogP contribution in [0.2, 0.25) is 0 Å². The van der Waals surface area contributed by atoms with Gasteiger partial charge in [-0.15, -0.1) is 0 Å². The Morgan fingerprint density at radius 2 is 2.54 bits per heavy atom. The number of aromatic nitrogens is 3.